The van der Waals surface area contributed by atoms with E-state index in [1.54, 1.807) is 0 Å². The fraction of sp³-hybridized carbons (Fsp3) is 0.429. The molecule has 5 heteroatoms. The molecule has 1 aliphatic rings. The maximum atomic E-state index is 11.7. The van der Waals surface area contributed by atoms with Gasteiger partial charge in [-0.1, -0.05) is 19.9 Å². The van der Waals surface area contributed by atoms with Crippen molar-refractivity contribution in [2.24, 2.45) is 5.92 Å². The molecule has 1 N–H and O–H groups in total. The number of hydrogen-bond acceptors (Lipinski definition) is 3. The van der Waals surface area contributed by atoms with Gasteiger partial charge in [0, 0.05) is 22.0 Å². The van der Waals surface area contributed by atoms with Crippen LogP contribution in [0.5, 0.6) is 0 Å². The van der Waals surface area contributed by atoms with Crippen LogP contribution in [0.2, 0.25) is 0 Å². The van der Waals surface area contributed by atoms with E-state index in [1.165, 1.54) is 27.0 Å². The molecule has 0 radical (unpaired) electrons. The van der Waals surface area contributed by atoms with E-state index in [1.807, 2.05) is 11.3 Å². The monoisotopic (exact) mass is 387 g/mol. The molecular weight excluding hydrogens is 362 g/mol. The van der Waals surface area contributed by atoms with Crippen LogP contribution in [0, 0.1) is 5.92 Å². The molecule has 1 aromatic carbocycles. The Morgan fingerprint density at radius 1 is 1.15 bits per heavy atom. The van der Waals surface area contributed by atoms with Gasteiger partial charge in [0.25, 0.3) is 0 Å². The highest BCUT2D eigenvalue weighted by Crippen LogP contribution is 2.36. The Morgan fingerprint density at radius 2 is 1.92 bits per heavy atom. The van der Waals surface area contributed by atoms with E-state index >= 15 is 0 Å². The van der Waals surface area contributed by atoms with Crippen LogP contribution in [-0.2, 0) is 16.3 Å². The number of fused-ring (bicyclic) bond motifs is 1. The van der Waals surface area contributed by atoms with E-state index in [2.05, 4.69) is 54.7 Å². The summed E-state index contributed by atoms with van der Waals surface area (Å²) in [6.45, 7) is 4.50. The number of rotatable bonds is 4. The number of sulfone groups is 1. The molecule has 0 spiro atoms. The third-order valence-electron chi connectivity index (χ3n) is 5.30. The van der Waals surface area contributed by atoms with Crippen molar-refractivity contribution in [1.82, 2.24) is 4.98 Å². The van der Waals surface area contributed by atoms with Gasteiger partial charge >= 0.3 is 0 Å². The van der Waals surface area contributed by atoms with E-state index in [0.29, 0.717) is 23.3 Å². The maximum absolute atomic E-state index is 11.7. The molecular formula is C21H25NO2S2. The largest absolute Gasteiger partial charge is 0.361 e. The highest BCUT2D eigenvalue weighted by molar-refractivity contribution is 7.91. The first-order valence-electron chi connectivity index (χ1n) is 9.30. The highest BCUT2D eigenvalue weighted by atomic mass is 32.2. The van der Waals surface area contributed by atoms with Gasteiger partial charge in [-0.3, -0.25) is 0 Å². The summed E-state index contributed by atoms with van der Waals surface area (Å²) >= 11 is 1.84. The van der Waals surface area contributed by atoms with Crippen LogP contribution < -0.4 is 0 Å². The number of aromatic nitrogens is 1. The lowest BCUT2D eigenvalue weighted by molar-refractivity contribution is 0.551. The molecule has 4 rings (SSSR count). The Balaban J connectivity index is 1.65. The van der Waals surface area contributed by atoms with E-state index in [4.69, 9.17) is 0 Å². The van der Waals surface area contributed by atoms with Gasteiger partial charge in [-0.15, -0.1) is 11.3 Å². The molecule has 3 nitrogen and oxygen atoms in total. The van der Waals surface area contributed by atoms with E-state index in [9.17, 15) is 8.42 Å². The number of nitrogens with one attached hydrogen (secondary N) is 1. The third kappa shape index (κ3) is 3.60. The van der Waals surface area contributed by atoms with Crippen molar-refractivity contribution in [2.75, 3.05) is 11.5 Å². The molecule has 0 saturated carbocycles. The van der Waals surface area contributed by atoms with Crippen molar-refractivity contribution in [3.8, 4) is 11.1 Å². The minimum Gasteiger partial charge on any atom is -0.361 e. The minimum atomic E-state index is -2.83. The minimum absolute atomic E-state index is 0.313. The van der Waals surface area contributed by atoms with Crippen LogP contribution >= 0.6 is 11.3 Å². The molecule has 2 aromatic heterocycles. The van der Waals surface area contributed by atoms with Crippen LogP contribution in [0.1, 0.15) is 43.0 Å². The van der Waals surface area contributed by atoms with E-state index in [-0.39, 0.29) is 0 Å². The quantitative estimate of drug-likeness (QED) is 0.653. The number of hydrogen-bond donors (Lipinski definition) is 1. The van der Waals surface area contributed by atoms with Crippen molar-refractivity contribution in [2.45, 2.75) is 39.0 Å². The fourth-order valence-electron chi connectivity index (χ4n) is 3.90. The average Bonchev–Trinajstić information content (AvgIpc) is 3.21. The molecule has 1 aliphatic heterocycles. The Hall–Kier alpha value is -1.59. The van der Waals surface area contributed by atoms with Gasteiger partial charge in [0.05, 0.1) is 11.5 Å². The second-order valence-electron chi connectivity index (χ2n) is 7.83. The maximum Gasteiger partial charge on any atom is 0.150 e. The lowest BCUT2D eigenvalue weighted by Crippen LogP contribution is -2.21. The van der Waals surface area contributed by atoms with Gasteiger partial charge in [-0.05, 0) is 71.4 Å². The summed E-state index contributed by atoms with van der Waals surface area (Å²) in [5.74, 6) is 1.63. The molecule has 0 bridgehead atoms. The predicted octanol–water partition coefficient (Wildman–Crippen LogP) is 5.39. The van der Waals surface area contributed by atoms with Crippen molar-refractivity contribution < 1.29 is 8.42 Å². The number of H-pyrrole nitrogens is 1. The first kappa shape index (κ1) is 17.8. The van der Waals surface area contributed by atoms with E-state index < -0.39 is 9.84 Å². The van der Waals surface area contributed by atoms with Crippen molar-refractivity contribution in [3.63, 3.8) is 0 Å². The van der Waals surface area contributed by atoms with Crippen molar-refractivity contribution in [3.05, 3.63) is 46.3 Å². The standard InChI is InChI=1S/C21H25NO2S2/c1-14(2)9-18-10-17(13-25-18)16-3-4-21-19(11-16)20(12-22-21)15-5-7-26(23,24)8-6-15/h3-4,10-15,22H,5-9H2,1-2H3. The Kier molecular flexibility index (Phi) is 4.70. The zero-order valence-electron chi connectivity index (χ0n) is 15.3. The second kappa shape index (κ2) is 6.86. The molecule has 3 heterocycles. The molecule has 1 fully saturated rings. The average molecular weight is 388 g/mol. The number of benzene rings is 1. The third-order valence-corrected chi connectivity index (χ3v) is 7.98. The topological polar surface area (TPSA) is 49.9 Å². The van der Waals surface area contributed by atoms with Crippen LogP contribution in [0.25, 0.3) is 22.0 Å². The van der Waals surface area contributed by atoms with Gasteiger partial charge in [-0.25, -0.2) is 8.42 Å². The van der Waals surface area contributed by atoms with E-state index in [0.717, 1.165) is 24.8 Å². The predicted molar refractivity (Wildman–Crippen MR) is 111 cm³/mol. The summed E-state index contributed by atoms with van der Waals surface area (Å²) < 4.78 is 23.5. The molecule has 3 aromatic rings. The zero-order valence-corrected chi connectivity index (χ0v) is 16.9. The molecule has 0 atom stereocenters. The molecule has 0 aliphatic carbocycles. The van der Waals surface area contributed by atoms with Crippen molar-refractivity contribution >= 4 is 32.1 Å². The molecule has 26 heavy (non-hydrogen) atoms. The summed E-state index contributed by atoms with van der Waals surface area (Å²) in [5.41, 5.74) is 4.93. The number of thiophene rings is 1. The zero-order chi connectivity index (χ0) is 18.3. The Bertz CT molecular complexity index is 1010. The second-order valence-corrected chi connectivity index (χ2v) is 11.1. The molecule has 1 saturated heterocycles. The lowest BCUT2D eigenvalue weighted by Gasteiger charge is -2.21. The SMILES string of the molecule is CC(C)Cc1cc(-c2ccc3[nH]cc(C4CCS(=O)(=O)CC4)c3c2)cs1. The van der Waals surface area contributed by atoms with Crippen LogP contribution in [0.3, 0.4) is 0 Å². The smallest absolute Gasteiger partial charge is 0.150 e. The van der Waals surface area contributed by atoms with Gasteiger partial charge in [0.15, 0.2) is 0 Å². The van der Waals surface area contributed by atoms with Gasteiger partial charge in [0.1, 0.15) is 9.84 Å². The summed E-state index contributed by atoms with van der Waals surface area (Å²) in [7, 11) is -2.83. The van der Waals surface area contributed by atoms with Crippen molar-refractivity contribution in [1.29, 1.82) is 0 Å². The Labute approximate surface area is 159 Å². The summed E-state index contributed by atoms with van der Waals surface area (Å²) in [5, 5.41) is 3.49. The normalized spacial score (nSPS) is 18.0. The van der Waals surface area contributed by atoms with Gasteiger partial charge < -0.3 is 4.98 Å². The van der Waals surface area contributed by atoms with Gasteiger partial charge in [0.2, 0.25) is 0 Å². The first-order chi connectivity index (χ1) is 12.4. The number of aromatic amines is 1. The lowest BCUT2D eigenvalue weighted by atomic mass is 9.92. The van der Waals surface area contributed by atoms with Gasteiger partial charge in [-0.2, -0.15) is 0 Å². The van der Waals surface area contributed by atoms with Crippen LogP contribution in [0.15, 0.2) is 35.8 Å². The van der Waals surface area contributed by atoms with Crippen LogP contribution in [-0.4, -0.2) is 24.9 Å². The first-order valence-corrected chi connectivity index (χ1v) is 12.0. The highest BCUT2D eigenvalue weighted by Gasteiger charge is 2.26. The summed E-state index contributed by atoms with van der Waals surface area (Å²) in [6, 6.07) is 8.90. The fourth-order valence-corrected chi connectivity index (χ4v) is 6.50. The Morgan fingerprint density at radius 3 is 2.65 bits per heavy atom. The van der Waals surface area contributed by atoms with Crippen LogP contribution in [0.4, 0.5) is 0 Å². The molecule has 0 unspecified atom stereocenters. The summed E-state index contributed by atoms with van der Waals surface area (Å²) in [6.07, 6.45) is 4.67. The molecule has 0 amide bonds. The molecule has 138 valence electrons. The summed E-state index contributed by atoms with van der Waals surface area (Å²) in [4.78, 5) is 4.80.